The van der Waals surface area contributed by atoms with E-state index in [4.69, 9.17) is 15.2 Å². The number of fused-ring (bicyclic) bond motifs is 1. The SMILES string of the molecule is CO[C@@H]1[C@H](S)[C@@H](CO)O[C@H]1n1cnc2c(=O)[nH]c(N)nc21. The average molecular weight is 313 g/mol. The molecule has 4 atom stereocenters. The van der Waals surface area contributed by atoms with Gasteiger partial charge >= 0.3 is 0 Å². The highest BCUT2D eigenvalue weighted by molar-refractivity contribution is 7.81. The van der Waals surface area contributed by atoms with Crippen LogP contribution in [-0.2, 0) is 9.47 Å². The van der Waals surface area contributed by atoms with Crippen LogP contribution in [0.25, 0.3) is 11.2 Å². The van der Waals surface area contributed by atoms with Crippen LogP contribution < -0.4 is 11.3 Å². The minimum absolute atomic E-state index is 0.0117. The second-order valence-electron chi connectivity index (χ2n) is 4.71. The first-order valence-electron chi connectivity index (χ1n) is 6.26. The molecule has 0 saturated carbocycles. The Labute approximate surface area is 124 Å². The van der Waals surface area contributed by atoms with E-state index in [-0.39, 0.29) is 23.3 Å². The van der Waals surface area contributed by atoms with Crippen molar-refractivity contribution < 1.29 is 14.6 Å². The standard InChI is InChI=1S/C11H15N5O4S/c1-19-6-7(21)4(2-17)20-10(6)16-3-13-5-8(16)14-11(12)15-9(5)18/h3-4,6-7,10,17,21H,2H2,1H3,(H3,12,14,15,18)/t4-,6-,7-,10-/m1/s1. The van der Waals surface area contributed by atoms with E-state index in [9.17, 15) is 9.90 Å². The number of aromatic amines is 1. The molecule has 0 radical (unpaired) electrons. The van der Waals surface area contributed by atoms with E-state index in [0.29, 0.717) is 5.65 Å². The first-order valence-corrected chi connectivity index (χ1v) is 6.78. The van der Waals surface area contributed by atoms with Gasteiger partial charge in [0, 0.05) is 7.11 Å². The van der Waals surface area contributed by atoms with Crippen molar-refractivity contribution in [2.24, 2.45) is 0 Å². The van der Waals surface area contributed by atoms with Crippen LogP contribution in [0.15, 0.2) is 11.1 Å². The minimum atomic E-state index is -0.603. The maximum absolute atomic E-state index is 11.8. The summed E-state index contributed by atoms with van der Waals surface area (Å²) in [5, 5.41) is 9.00. The Hall–Kier alpha value is -1.62. The van der Waals surface area contributed by atoms with Crippen LogP contribution in [-0.4, -0.2) is 55.8 Å². The number of thiol groups is 1. The van der Waals surface area contributed by atoms with Gasteiger partial charge in [0.15, 0.2) is 17.4 Å². The second kappa shape index (κ2) is 5.30. The summed E-state index contributed by atoms with van der Waals surface area (Å²) in [5.74, 6) is -0.0117. The fraction of sp³-hybridized carbons (Fsp3) is 0.545. The van der Waals surface area contributed by atoms with Crippen molar-refractivity contribution in [3.8, 4) is 0 Å². The van der Waals surface area contributed by atoms with Gasteiger partial charge in [-0.15, -0.1) is 0 Å². The Morgan fingerprint density at radius 2 is 2.43 bits per heavy atom. The predicted molar refractivity (Wildman–Crippen MR) is 77.1 cm³/mol. The lowest BCUT2D eigenvalue weighted by atomic mass is 10.2. The van der Waals surface area contributed by atoms with Crippen molar-refractivity contribution in [3.63, 3.8) is 0 Å². The molecule has 0 amide bonds. The highest BCUT2D eigenvalue weighted by Gasteiger charge is 2.44. The lowest BCUT2D eigenvalue weighted by molar-refractivity contribution is -0.0583. The summed E-state index contributed by atoms with van der Waals surface area (Å²) in [7, 11) is 1.53. The number of aromatic nitrogens is 4. The van der Waals surface area contributed by atoms with E-state index in [2.05, 4.69) is 27.6 Å². The molecule has 0 spiro atoms. The number of hydrogen-bond acceptors (Lipinski definition) is 8. The quantitative estimate of drug-likeness (QED) is 0.530. The normalized spacial score (nSPS) is 29.3. The Bertz CT molecular complexity index is 716. The smallest absolute Gasteiger partial charge is 0.280 e. The van der Waals surface area contributed by atoms with Gasteiger partial charge in [-0.3, -0.25) is 14.3 Å². The van der Waals surface area contributed by atoms with Crippen molar-refractivity contribution >= 4 is 29.7 Å². The molecule has 114 valence electrons. The van der Waals surface area contributed by atoms with Crippen LogP contribution in [0.2, 0.25) is 0 Å². The molecule has 1 aliphatic heterocycles. The number of rotatable bonds is 3. The molecular formula is C11H15N5O4S. The molecule has 1 saturated heterocycles. The number of aliphatic hydroxyl groups excluding tert-OH is 1. The highest BCUT2D eigenvalue weighted by atomic mass is 32.1. The second-order valence-corrected chi connectivity index (χ2v) is 5.31. The van der Waals surface area contributed by atoms with Crippen molar-refractivity contribution in [2.45, 2.75) is 23.7 Å². The summed E-state index contributed by atoms with van der Waals surface area (Å²) in [4.78, 5) is 22.3. The monoisotopic (exact) mass is 313 g/mol. The van der Waals surface area contributed by atoms with Crippen LogP contribution in [0.4, 0.5) is 5.95 Å². The number of nitrogens with two attached hydrogens (primary N) is 1. The highest BCUT2D eigenvalue weighted by Crippen LogP contribution is 2.35. The fourth-order valence-corrected chi connectivity index (χ4v) is 2.91. The zero-order valence-electron chi connectivity index (χ0n) is 11.1. The number of anilines is 1. The van der Waals surface area contributed by atoms with E-state index in [1.165, 1.54) is 13.4 Å². The van der Waals surface area contributed by atoms with Crippen molar-refractivity contribution in [3.05, 3.63) is 16.7 Å². The molecule has 0 aromatic carbocycles. The third kappa shape index (κ3) is 2.20. The largest absolute Gasteiger partial charge is 0.394 e. The van der Waals surface area contributed by atoms with Gasteiger partial charge in [-0.2, -0.15) is 17.6 Å². The minimum Gasteiger partial charge on any atom is -0.394 e. The summed E-state index contributed by atoms with van der Waals surface area (Å²) in [5.41, 5.74) is 5.59. The molecule has 3 rings (SSSR count). The average Bonchev–Trinajstić information content (AvgIpc) is 2.99. The van der Waals surface area contributed by atoms with Crippen molar-refractivity contribution in [1.82, 2.24) is 19.5 Å². The van der Waals surface area contributed by atoms with Gasteiger partial charge in [0.1, 0.15) is 6.10 Å². The molecule has 9 nitrogen and oxygen atoms in total. The zero-order chi connectivity index (χ0) is 15.1. The van der Waals surface area contributed by atoms with E-state index in [1.54, 1.807) is 4.57 Å². The summed E-state index contributed by atoms with van der Waals surface area (Å²) >= 11 is 4.41. The number of ether oxygens (including phenoxy) is 2. The summed E-state index contributed by atoms with van der Waals surface area (Å²) in [6.45, 7) is -0.187. The van der Waals surface area contributed by atoms with Crippen molar-refractivity contribution in [1.29, 1.82) is 0 Å². The molecule has 0 bridgehead atoms. The topological polar surface area (TPSA) is 128 Å². The molecule has 1 fully saturated rings. The molecule has 0 unspecified atom stereocenters. The predicted octanol–water partition coefficient (Wildman–Crippen LogP) is -1.10. The van der Waals surface area contributed by atoms with Crippen LogP contribution in [0.3, 0.4) is 0 Å². The number of nitrogens with one attached hydrogen (secondary N) is 1. The Kier molecular flexibility index (Phi) is 3.61. The van der Waals surface area contributed by atoms with Gasteiger partial charge in [-0.05, 0) is 0 Å². The molecule has 1 aliphatic rings. The van der Waals surface area contributed by atoms with E-state index < -0.39 is 24.0 Å². The fourth-order valence-electron chi connectivity index (χ4n) is 2.48. The van der Waals surface area contributed by atoms with E-state index in [1.807, 2.05) is 0 Å². The van der Waals surface area contributed by atoms with Crippen molar-refractivity contribution in [2.75, 3.05) is 19.5 Å². The number of hydrogen-bond donors (Lipinski definition) is 4. The number of methoxy groups -OCH3 is 1. The Morgan fingerprint density at radius 1 is 1.67 bits per heavy atom. The third-order valence-corrected chi connectivity index (χ3v) is 4.12. The summed E-state index contributed by atoms with van der Waals surface area (Å²) in [6, 6.07) is 0. The van der Waals surface area contributed by atoms with E-state index in [0.717, 1.165) is 0 Å². The molecule has 3 heterocycles. The molecule has 4 N–H and O–H groups in total. The van der Waals surface area contributed by atoms with Crippen LogP contribution in [0.1, 0.15) is 6.23 Å². The zero-order valence-corrected chi connectivity index (χ0v) is 12.0. The maximum Gasteiger partial charge on any atom is 0.280 e. The molecule has 21 heavy (non-hydrogen) atoms. The van der Waals surface area contributed by atoms with Gasteiger partial charge in [-0.1, -0.05) is 0 Å². The molecule has 10 heteroatoms. The van der Waals surface area contributed by atoms with Gasteiger partial charge in [0.2, 0.25) is 5.95 Å². The molecule has 0 aliphatic carbocycles. The Morgan fingerprint density at radius 3 is 3.10 bits per heavy atom. The van der Waals surface area contributed by atoms with Crippen LogP contribution in [0.5, 0.6) is 0 Å². The molecule has 2 aromatic rings. The molecular weight excluding hydrogens is 298 g/mol. The Balaban J connectivity index is 2.10. The van der Waals surface area contributed by atoms with Gasteiger partial charge in [0.25, 0.3) is 5.56 Å². The number of nitrogens with zero attached hydrogens (tertiary/aromatic N) is 3. The number of H-pyrrole nitrogens is 1. The lowest BCUT2D eigenvalue weighted by Gasteiger charge is -2.20. The summed E-state index contributed by atoms with van der Waals surface area (Å²) < 4.78 is 12.7. The first-order chi connectivity index (χ1) is 10.1. The lowest BCUT2D eigenvalue weighted by Crippen LogP contribution is -2.30. The van der Waals surface area contributed by atoms with Crippen LogP contribution >= 0.6 is 12.6 Å². The third-order valence-electron chi connectivity index (χ3n) is 3.49. The maximum atomic E-state index is 11.8. The number of aliphatic hydroxyl groups is 1. The van der Waals surface area contributed by atoms with Crippen LogP contribution in [0, 0.1) is 0 Å². The van der Waals surface area contributed by atoms with Gasteiger partial charge < -0.3 is 20.3 Å². The first kappa shape index (κ1) is 14.3. The number of nitrogen functional groups attached to an aromatic ring is 1. The van der Waals surface area contributed by atoms with Gasteiger partial charge in [0.05, 0.1) is 24.3 Å². The summed E-state index contributed by atoms with van der Waals surface area (Å²) in [6.07, 6.45) is -0.0813. The number of imidazole rings is 1. The van der Waals surface area contributed by atoms with Gasteiger partial charge in [-0.25, -0.2) is 4.98 Å². The molecule has 2 aromatic heterocycles. The van der Waals surface area contributed by atoms with E-state index >= 15 is 0 Å².